The molecule has 0 spiro atoms. The molecule has 0 saturated heterocycles. The normalized spacial score (nSPS) is 11.0. The summed E-state index contributed by atoms with van der Waals surface area (Å²) in [6, 6.07) is 4.34. The number of hydrogen-bond acceptors (Lipinski definition) is 4. The largest absolute Gasteiger partial charge is 0.478 e. The quantitative estimate of drug-likeness (QED) is 0.843. The van der Waals surface area contributed by atoms with Crippen molar-refractivity contribution in [1.29, 1.82) is 0 Å². The van der Waals surface area contributed by atoms with Gasteiger partial charge in [-0.15, -0.1) is 10.2 Å². The second kappa shape index (κ2) is 4.79. The summed E-state index contributed by atoms with van der Waals surface area (Å²) in [6.45, 7) is 1.74. The van der Waals surface area contributed by atoms with E-state index in [1.165, 1.54) is 18.2 Å². The Morgan fingerprint density at radius 2 is 2.17 bits per heavy atom. The number of rotatable bonds is 3. The van der Waals surface area contributed by atoms with E-state index in [9.17, 15) is 9.18 Å². The Kier molecular flexibility index (Phi) is 3.18. The molecule has 2 aromatic rings. The molecule has 0 unspecified atom stereocenters. The van der Waals surface area contributed by atoms with Crippen LogP contribution in [0.2, 0.25) is 0 Å². The average Bonchev–Trinajstić information content (AvgIpc) is 2.73. The van der Waals surface area contributed by atoms with Crippen LogP contribution >= 0.6 is 0 Å². The van der Waals surface area contributed by atoms with Crippen molar-refractivity contribution in [3.8, 4) is 11.5 Å². The van der Waals surface area contributed by atoms with Gasteiger partial charge in [-0.2, -0.15) is 0 Å². The van der Waals surface area contributed by atoms with Crippen molar-refractivity contribution in [1.82, 2.24) is 10.2 Å². The standard InChI is InChI=1S/C12H9FN2O3/c1-7-4-8(6-9(13)5-7)12-15-14-10(18-12)2-3-11(16)17/h2-6H,1H3,(H,16,17)/b3-2+. The van der Waals surface area contributed by atoms with Gasteiger partial charge in [0.25, 0.3) is 0 Å². The number of aliphatic carboxylic acids is 1. The van der Waals surface area contributed by atoms with Crippen molar-refractivity contribution in [3.63, 3.8) is 0 Å². The van der Waals surface area contributed by atoms with Crippen molar-refractivity contribution < 1.29 is 18.7 Å². The number of carboxylic acids is 1. The first kappa shape index (κ1) is 12.0. The van der Waals surface area contributed by atoms with Crippen molar-refractivity contribution >= 4 is 12.0 Å². The highest BCUT2D eigenvalue weighted by atomic mass is 19.1. The lowest BCUT2D eigenvalue weighted by Gasteiger charge is -1.97. The molecule has 5 nitrogen and oxygen atoms in total. The van der Waals surface area contributed by atoms with Crippen LogP contribution in [0.25, 0.3) is 17.5 Å². The molecule has 0 fully saturated rings. The summed E-state index contributed by atoms with van der Waals surface area (Å²) in [5.41, 5.74) is 1.18. The number of carboxylic acid groups (broad SMARTS) is 1. The zero-order chi connectivity index (χ0) is 13.1. The van der Waals surface area contributed by atoms with Gasteiger partial charge in [0.2, 0.25) is 11.8 Å². The maximum Gasteiger partial charge on any atom is 0.328 e. The van der Waals surface area contributed by atoms with Gasteiger partial charge < -0.3 is 9.52 Å². The predicted molar refractivity (Wildman–Crippen MR) is 61.1 cm³/mol. The Labute approximate surface area is 102 Å². The highest BCUT2D eigenvalue weighted by molar-refractivity contribution is 5.84. The van der Waals surface area contributed by atoms with Gasteiger partial charge in [-0.25, -0.2) is 9.18 Å². The van der Waals surface area contributed by atoms with E-state index in [0.717, 1.165) is 11.6 Å². The van der Waals surface area contributed by atoms with Crippen LogP contribution in [0.15, 0.2) is 28.7 Å². The molecular weight excluding hydrogens is 239 g/mol. The fourth-order valence-electron chi connectivity index (χ4n) is 1.42. The molecule has 0 bridgehead atoms. The Bertz CT molecular complexity index is 599. The number of halogens is 1. The number of hydrogen-bond donors (Lipinski definition) is 1. The summed E-state index contributed by atoms with van der Waals surface area (Å²) in [7, 11) is 0. The first-order chi connectivity index (χ1) is 8.54. The van der Waals surface area contributed by atoms with E-state index in [4.69, 9.17) is 9.52 Å². The molecule has 1 aromatic heterocycles. The van der Waals surface area contributed by atoms with Gasteiger partial charge in [-0.05, 0) is 30.7 Å². The lowest BCUT2D eigenvalue weighted by molar-refractivity contribution is -0.131. The summed E-state index contributed by atoms with van der Waals surface area (Å²) in [6.07, 6.45) is 2.05. The second-order valence-corrected chi connectivity index (χ2v) is 3.63. The van der Waals surface area contributed by atoms with E-state index in [0.29, 0.717) is 5.56 Å². The minimum atomic E-state index is -1.11. The topological polar surface area (TPSA) is 76.2 Å². The summed E-state index contributed by atoms with van der Waals surface area (Å²) < 4.78 is 18.4. The van der Waals surface area contributed by atoms with Crippen molar-refractivity contribution in [2.45, 2.75) is 6.92 Å². The van der Waals surface area contributed by atoms with E-state index < -0.39 is 11.8 Å². The number of carbonyl (C=O) groups is 1. The van der Waals surface area contributed by atoms with Crippen molar-refractivity contribution in [2.75, 3.05) is 0 Å². The summed E-state index contributed by atoms with van der Waals surface area (Å²) in [5, 5.41) is 15.8. The van der Waals surface area contributed by atoms with Crippen LogP contribution in [0.1, 0.15) is 11.5 Å². The first-order valence-corrected chi connectivity index (χ1v) is 5.06. The molecule has 0 amide bonds. The van der Waals surface area contributed by atoms with E-state index in [-0.39, 0.29) is 11.8 Å². The number of nitrogens with zero attached hydrogens (tertiary/aromatic N) is 2. The number of aromatic nitrogens is 2. The summed E-state index contributed by atoms with van der Waals surface area (Å²) in [4.78, 5) is 10.3. The molecule has 92 valence electrons. The van der Waals surface area contributed by atoms with E-state index in [1.807, 2.05) is 0 Å². The average molecular weight is 248 g/mol. The van der Waals surface area contributed by atoms with Crippen LogP contribution in [0.3, 0.4) is 0 Å². The van der Waals surface area contributed by atoms with Gasteiger partial charge in [0.15, 0.2) is 0 Å². The van der Waals surface area contributed by atoms with Crippen LogP contribution in [0.5, 0.6) is 0 Å². The molecule has 1 heterocycles. The molecule has 1 N–H and O–H groups in total. The predicted octanol–water partition coefficient (Wildman–Crippen LogP) is 2.28. The Morgan fingerprint density at radius 1 is 1.39 bits per heavy atom. The molecule has 0 saturated carbocycles. The zero-order valence-corrected chi connectivity index (χ0v) is 9.42. The van der Waals surface area contributed by atoms with Gasteiger partial charge in [-0.1, -0.05) is 0 Å². The molecule has 1 aromatic carbocycles. The molecule has 2 rings (SSSR count). The molecular formula is C12H9FN2O3. The van der Waals surface area contributed by atoms with Crippen molar-refractivity contribution in [3.05, 3.63) is 41.5 Å². The third-order valence-corrected chi connectivity index (χ3v) is 2.10. The third kappa shape index (κ3) is 2.79. The molecule has 18 heavy (non-hydrogen) atoms. The maximum atomic E-state index is 13.2. The van der Waals surface area contributed by atoms with Crippen LogP contribution < -0.4 is 0 Å². The van der Waals surface area contributed by atoms with Gasteiger partial charge in [0, 0.05) is 17.7 Å². The van der Waals surface area contributed by atoms with Crippen LogP contribution in [-0.2, 0) is 4.79 Å². The minimum Gasteiger partial charge on any atom is -0.478 e. The van der Waals surface area contributed by atoms with Crippen LogP contribution in [0, 0.1) is 12.7 Å². The van der Waals surface area contributed by atoms with Crippen LogP contribution in [-0.4, -0.2) is 21.3 Å². The smallest absolute Gasteiger partial charge is 0.328 e. The molecule has 0 aliphatic rings. The third-order valence-electron chi connectivity index (χ3n) is 2.10. The maximum absolute atomic E-state index is 13.2. The highest BCUT2D eigenvalue weighted by Gasteiger charge is 2.08. The van der Waals surface area contributed by atoms with Gasteiger partial charge >= 0.3 is 5.97 Å². The van der Waals surface area contributed by atoms with E-state index in [2.05, 4.69) is 10.2 Å². The minimum absolute atomic E-state index is 0.0503. The first-order valence-electron chi connectivity index (χ1n) is 5.06. The van der Waals surface area contributed by atoms with E-state index >= 15 is 0 Å². The van der Waals surface area contributed by atoms with Gasteiger partial charge in [-0.3, -0.25) is 0 Å². The van der Waals surface area contributed by atoms with Gasteiger partial charge in [0.1, 0.15) is 5.82 Å². The molecule has 0 atom stereocenters. The number of aryl methyl sites for hydroxylation is 1. The lowest BCUT2D eigenvalue weighted by atomic mass is 10.1. The molecule has 0 aliphatic heterocycles. The summed E-state index contributed by atoms with van der Waals surface area (Å²) >= 11 is 0. The van der Waals surface area contributed by atoms with E-state index in [1.54, 1.807) is 13.0 Å². The monoisotopic (exact) mass is 248 g/mol. The molecule has 0 aliphatic carbocycles. The molecule has 0 radical (unpaired) electrons. The second-order valence-electron chi connectivity index (χ2n) is 3.63. The number of benzene rings is 1. The lowest BCUT2D eigenvalue weighted by Crippen LogP contribution is -1.85. The van der Waals surface area contributed by atoms with Crippen LogP contribution in [0.4, 0.5) is 4.39 Å². The molecule has 6 heteroatoms. The van der Waals surface area contributed by atoms with Crippen molar-refractivity contribution in [2.24, 2.45) is 0 Å². The Morgan fingerprint density at radius 3 is 2.83 bits per heavy atom. The van der Waals surface area contributed by atoms with Gasteiger partial charge in [0.05, 0.1) is 0 Å². The fraction of sp³-hybridized carbons (Fsp3) is 0.0833. The Hall–Kier alpha value is -2.50. The highest BCUT2D eigenvalue weighted by Crippen LogP contribution is 2.20. The fourth-order valence-corrected chi connectivity index (χ4v) is 1.42. The SMILES string of the molecule is Cc1cc(F)cc(-c2nnc(/C=C/C(=O)O)o2)c1. The Balaban J connectivity index is 2.32. The summed E-state index contributed by atoms with van der Waals surface area (Å²) in [5.74, 6) is -1.32. The zero-order valence-electron chi connectivity index (χ0n) is 9.42.